The Balaban J connectivity index is 2.98. The second-order valence-electron chi connectivity index (χ2n) is 3.57. The topological polar surface area (TPSA) is 47.6 Å². The van der Waals surface area contributed by atoms with E-state index in [0.717, 1.165) is 6.08 Å². The number of rotatable bonds is 3. The van der Waals surface area contributed by atoms with Crippen LogP contribution in [-0.4, -0.2) is 6.18 Å². The smallest absolute Gasteiger partial charge is 0.197 e. The summed E-state index contributed by atoms with van der Waals surface area (Å²) in [5, 5.41) is 17.1. The van der Waals surface area contributed by atoms with Crippen molar-refractivity contribution in [1.29, 1.82) is 10.5 Å². The fourth-order valence-electron chi connectivity index (χ4n) is 1.38. The number of hydrogen-bond acceptors (Lipinski definition) is 2. The highest BCUT2D eigenvalue weighted by atomic mass is 19.4. The number of allylic oxidation sites excluding steroid dienone is 1. The highest BCUT2D eigenvalue weighted by Gasteiger charge is 2.43. The molecule has 1 rings (SSSR count). The fourth-order valence-corrected chi connectivity index (χ4v) is 1.38. The summed E-state index contributed by atoms with van der Waals surface area (Å²) in [6.07, 6.45) is -2.49. The van der Waals surface area contributed by atoms with Gasteiger partial charge in [-0.05, 0) is 5.56 Å². The molecule has 1 atom stereocenters. The lowest BCUT2D eigenvalue weighted by Gasteiger charge is -2.16. The zero-order chi connectivity index (χ0) is 13.6. The molecule has 1 aromatic carbocycles. The molecule has 0 bridgehead atoms. The third-order valence-electron chi connectivity index (χ3n) is 2.31. The molecule has 5 heteroatoms. The molecule has 0 spiro atoms. The van der Waals surface area contributed by atoms with Crippen molar-refractivity contribution in [3.05, 3.63) is 42.0 Å². The van der Waals surface area contributed by atoms with E-state index in [-0.39, 0.29) is 0 Å². The summed E-state index contributed by atoms with van der Waals surface area (Å²) in [4.78, 5) is 0. The Bertz CT molecular complexity index is 478. The van der Waals surface area contributed by atoms with Crippen LogP contribution in [0.25, 0.3) is 6.08 Å². The second kappa shape index (κ2) is 5.88. The van der Waals surface area contributed by atoms with Gasteiger partial charge in [0.05, 0.1) is 12.1 Å². The van der Waals surface area contributed by atoms with Crippen LogP contribution in [0.2, 0.25) is 0 Å². The Labute approximate surface area is 103 Å². The fraction of sp³-hybridized carbons (Fsp3) is 0.231. The van der Waals surface area contributed by atoms with E-state index in [4.69, 9.17) is 10.5 Å². The van der Waals surface area contributed by atoms with Crippen molar-refractivity contribution in [1.82, 2.24) is 0 Å². The summed E-state index contributed by atoms with van der Waals surface area (Å²) >= 11 is 0. The average molecular weight is 250 g/mol. The molecule has 0 amide bonds. The van der Waals surface area contributed by atoms with Crippen molar-refractivity contribution in [2.24, 2.45) is 11.8 Å². The Morgan fingerprint density at radius 2 is 1.61 bits per heavy atom. The van der Waals surface area contributed by atoms with Gasteiger partial charge in [0.2, 0.25) is 0 Å². The van der Waals surface area contributed by atoms with E-state index in [1.807, 2.05) is 0 Å². The summed E-state index contributed by atoms with van der Waals surface area (Å²) in [5.74, 6) is -3.81. The summed E-state index contributed by atoms with van der Waals surface area (Å²) < 4.78 is 38.1. The van der Waals surface area contributed by atoms with E-state index < -0.39 is 18.0 Å². The molecule has 0 heterocycles. The van der Waals surface area contributed by atoms with Gasteiger partial charge in [0.15, 0.2) is 0 Å². The first-order valence-corrected chi connectivity index (χ1v) is 5.08. The third kappa shape index (κ3) is 3.64. The minimum Gasteiger partial charge on any atom is -0.197 e. The molecule has 0 saturated carbocycles. The van der Waals surface area contributed by atoms with Gasteiger partial charge in [-0.25, -0.2) is 0 Å². The van der Waals surface area contributed by atoms with Crippen LogP contribution >= 0.6 is 0 Å². The predicted octanol–water partition coefficient (Wildman–Crippen LogP) is 3.54. The zero-order valence-corrected chi connectivity index (χ0v) is 9.22. The van der Waals surface area contributed by atoms with Gasteiger partial charge < -0.3 is 0 Å². The van der Waals surface area contributed by atoms with Gasteiger partial charge in [-0.15, -0.1) is 0 Å². The van der Waals surface area contributed by atoms with Gasteiger partial charge >= 0.3 is 6.18 Å². The number of nitrogens with zero attached hydrogens (tertiary/aromatic N) is 2. The molecule has 1 aromatic rings. The predicted molar refractivity (Wildman–Crippen MR) is 59.7 cm³/mol. The molecular formula is C13H9F3N2. The molecule has 0 saturated heterocycles. The van der Waals surface area contributed by atoms with E-state index in [0.29, 0.717) is 5.56 Å². The molecule has 0 aliphatic rings. The molecule has 18 heavy (non-hydrogen) atoms. The van der Waals surface area contributed by atoms with Gasteiger partial charge in [-0.2, -0.15) is 23.7 Å². The first kappa shape index (κ1) is 13.8. The lowest BCUT2D eigenvalue weighted by atomic mass is 9.93. The quantitative estimate of drug-likeness (QED) is 0.823. The maximum absolute atomic E-state index is 12.7. The van der Waals surface area contributed by atoms with Crippen LogP contribution < -0.4 is 0 Å². The van der Waals surface area contributed by atoms with Gasteiger partial charge in [0, 0.05) is 0 Å². The van der Waals surface area contributed by atoms with Crippen LogP contribution in [0.5, 0.6) is 0 Å². The van der Waals surface area contributed by atoms with Crippen LogP contribution in [0.15, 0.2) is 36.4 Å². The Morgan fingerprint density at radius 1 is 1.06 bits per heavy atom. The van der Waals surface area contributed by atoms with E-state index in [9.17, 15) is 13.2 Å². The normalized spacial score (nSPS) is 13.2. The second-order valence-corrected chi connectivity index (χ2v) is 3.57. The van der Waals surface area contributed by atoms with Crippen molar-refractivity contribution in [3.8, 4) is 12.1 Å². The number of benzene rings is 1. The lowest BCUT2D eigenvalue weighted by Crippen LogP contribution is -2.27. The van der Waals surface area contributed by atoms with Crippen LogP contribution in [0.4, 0.5) is 13.2 Å². The van der Waals surface area contributed by atoms with Gasteiger partial charge in [0.1, 0.15) is 11.8 Å². The number of alkyl halides is 3. The molecule has 0 aliphatic carbocycles. The molecule has 0 aromatic heterocycles. The van der Waals surface area contributed by atoms with Gasteiger partial charge in [-0.3, -0.25) is 0 Å². The summed E-state index contributed by atoms with van der Waals surface area (Å²) in [6, 6.07) is 11.1. The van der Waals surface area contributed by atoms with Crippen molar-refractivity contribution in [3.63, 3.8) is 0 Å². The minimum absolute atomic E-state index is 0.585. The molecule has 0 N–H and O–H groups in total. The molecule has 92 valence electrons. The van der Waals surface area contributed by atoms with Crippen LogP contribution in [0.3, 0.4) is 0 Å². The van der Waals surface area contributed by atoms with Crippen molar-refractivity contribution < 1.29 is 13.2 Å². The minimum atomic E-state index is -4.61. The summed E-state index contributed by atoms with van der Waals surface area (Å²) in [7, 11) is 0. The van der Waals surface area contributed by atoms with E-state index >= 15 is 0 Å². The van der Waals surface area contributed by atoms with E-state index in [1.54, 1.807) is 30.3 Å². The average Bonchev–Trinajstić information content (AvgIpc) is 2.34. The van der Waals surface area contributed by atoms with Crippen LogP contribution in [-0.2, 0) is 0 Å². The molecule has 0 fully saturated rings. The Morgan fingerprint density at radius 3 is 2.06 bits per heavy atom. The highest BCUT2D eigenvalue weighted by Crippen LogP contribution is 2.33. The van der Waals surface area contributed by atoms with Crippen LogP contribution in [0, 0.1) is 34.5 Å². The third-order valence-corrected chi connectivity index (χ3v) is 2.31. The highest BCUT2D eigenvalue weighted by molar-refractivity contribution is 5.49. The Hall–Kier alpha value is -2.27. The van der Waals surface area contributed by atoms with Crippen molar-refractivity contribution >= 4 is 6.08 Å². The first-order valence-electron chi connectivity index (χ1n) is 5.08. The zero-order valence-electron chi connectivity index (χ0n) is 9.22. The maximum Gasteiger partial charge on any atom is 0.397 e. The van der Waals surface area contributed by atoms with Gasteiger partial charge in [0.25, 0.3) is 0 Å². The summed E-state index contributed by atoms with van der Waals surface area (Å²) in [6.45, 7) is 0. The number of hydrogen-bond donors (Lipinski definition) is 0. The lowest BCUT2D eigenvalue weighted by molar-refractivity contribution is -0.165. The molecule has 0 radical (unpaired) electrons. The largest absolute Gasteiger partial charge is 0.397 e. The molecule has 2 nitrogen and oxygen atoms in total. The Kier molecular flexibility index (Phi) is 4.51. The molecular weight excluding hydrogens is 241 g/mol. The van der Waals surface area contributed by atoms with Gasteiger partial charge in [-0.1, -0.05) is 42.5 Å². The standard InChI is InChI=1S/C13H9F3N2/c14-13(15,16)12(11(8-17)9-18)7-6-10-4-2-1-3-5-10/h1-7,11-12H/b7-6+. The van der Waals surface area contributed by atoms with E-state index in [2.05, 4.69) is 0 Å². The van der Waals surface area contributed by atoms with E-state index in [1.165, 1.54) is 18.2 Å². The molecule has 0 aliphatic heterocycles. The molecule has 1 unspecified atom stereocenters. The van der Waals surface area contributed by atoms with Crippen molar-refractivity contribution in [2.75, 3.05) is 0 Å². The summed E-state index contributed by atoms with van der Waals surface area (Å²) in [5.41, 5.74) is 0.585. The van der Waals surface area contributed by atoms with Crippen molar-refractivity contribution in [2.45, 2.75) is 6.18 Å². The number of nitriles is 2. The maximum atomic E-state index is 12.7. The van der Waals surface area contributed by atoms with Crippen LogP contribution in [0.1, 0.15) is 5.56 Å². The number of halogens is 3. The first-order chi connectivity index (χ1) is 8.49. The monoisotopic (exact) mass is 250 g/mol. The SMILES string of the molecule is N#CC(C#N)C(/C=C/c1ccccc1)C(F)(F)F.